The zero-order chi connectivity index (χ0) is 17.5. The lowest BCUT2D eigenvalue weighted by atomic mass is 9.90. The van der Waals surface area contributed by atoms with Gasteiger partial charge in [-0.1, -0.05) is 30.3 Å². The Bertz CT molecular complexity index is 664. The largest absolute Gasteiger partial charge is 0.326 e. The molecule has 1 aliphatic heterocycles. The summed E-state index contributed by atoms with van der Waals surface area (Å²) < 4.78 is 12.9. The summed E-state index contributed by atoms with van der Waals surface area (Å²) in [6.07, 6.45) is 4.00. The molecule has 4 heteroatoms. The topological polar surface area (TPSA) is 32.3 Å². The normalized spacial score (nSPS) is 15.9. The molecule has 0 spiro atoms. The van der Waals surface area contributed by atoms with E-state index in [2.05, 4.69) is 40.5 Å². The minimum absolute atomic E-state index is 0.0157. The summed E-state index contributed by atoms with van der Waals surface area (Å²) in [5.74, 6) is 0.432. The number of piperidine rings is 1. The van der Waals surface area contributed by atoms with Crippen LogP contribution in [-0.2, 0) is 11.2 Å². The van der Waals surface area contributed by atoms with Crippen LogP contribution in [0.25, 0.3) is 0 Å². The van der Waals surface area contributed by atoms with Gasteiger partial charge in [-0.25, -0.2) is 4.39 Å². The van der Waals surface area contributed by atoms with Gasteiger partial charge in [0.1, 0.15) is 5.82 Å². The molecule has 3 rings (SSSR count). The van der Waals surface area contributed by atoms with Crippen LogP contribution in [0.2, 0.25) is 0 Å². The average Bonchev–Trinajstić information content (AvgIpc) is 2.64. The number of hydrogen-bond acceptors (Lipinski definition) is 2. The van der Waals surface area contributed by atoms with Gasteiger partial charge < -0.3 is 10.2 Å². The molecular weight excluding hydrogens is 315 g/mol. The number of halogens is 1. The Morgan fingerprint density at radius 2 is 1.72 bits per heavy atom. The van der Waals surface area contributed by atoms with E-state index in [0.29, 0.717) is 12.1 Å². The molecule has 0 aromatic heterocycles. The quantitative estimate of drug-likeness (QED) is 0.858. The number of nitrogens with one attached hydrogen (secondary N) is 1. The van der Waals surface area contributed by atoms with Crippen molar-refractivity contribution in [3.05, 3.63) is 66.0 Å². The lowest BCUT2D eigenvalue weighted by Crippen LogP contribution is -2.36. The smallest absolute Gasteiger partial charge is 0.225 e. The standard InChI is InChI=1S/C21H25FN2O/c22-19-6-8-20(9-7-19)23-21(25)12-15-24-13-10-18(11-14-24)16-17-4-2-1-3-5-17/h1-9,18H,10-16H2,(H,23,25). The highest BCUT2D eigenvalue weighted by Crippen LogP contribution is 2.21. The zero-order valence-corrected chi connectivity index (χ0v) is 14.5. The third-order valence-electron chi connectivity index (χ3n) is 4.86. The molecule has 3 nitrogen and oxygen atoms in total. The minimum atomic E-state index is -0.295. The third kappa shape index (κ3) is 5.68. The van der Waals surface area contributed by atoms with E-state index in [9.17, 15) is 9.18 Å². The van der Waals surface area contributed by atoms with Gasteiger partial charge in [-0.2, -0.15) is 0 Å². The predicted octanol–water partition coefficient (Wildman–Crippen LogP) is 4.11. The van der Waals surface area contributed by atoms with Gasteiger partial charge in [0.15, 0.2) is 0 Å². The highest BCUT2D eigenvalue weighted by molar-refractivity contribution is 5.90. The second-order valence-corrected chi connectivity index (χ2v) is 6.78. The van der Waals surface area contributed by atoms with Crippen LogP contribution in [0.5, 0.6) is 0 Å². The summed E-state index contributed by atoms with van der Waals surface area (Å²) in [7, 11) is 0. The third-order valence-corrected chi connectivity index (χ3v) is 4.86. The number of carbonyl (C=O) groups is 1. The number of amides is 1. The van der Waals surface area contributed by atoms with Crippen molar-refractivity contribution in [1.82, 2.24) is 4.90 Å². The molecule has 0 saturated carbocycles. The van der Waals surface area contributed by atoms with E-state index in [0.717, 1.165) is 32.0 Å². The number of hydrogen-bond donors (Lipinski definition) is 1. The van der Waals surface area contributed by atoms with E-state index in [-0.39, 0.29) is 11.7 Å². The van der Waals surface area contributed by atoms with Crippen LogP contribution in [0.3, 0.4) is 0 Å². The fraction of sp³-hybridized carbons (Fsp3) is 0.381. The van der Waals surface area contributed by atoms with Crippen molar-refractivity contribution in [2.75, 3.05) is 25.0 Å². The molecule has 2 aromatic rings. The minimum Gasteiger partial charge on any atom is -0.326 e. The highest BCUT2D eigenvalue weighted by Gasteiger charge is 2.19. The molecule has 0 bridgehead atoms. The lowest BCUT2D eigenvalue weighted by Gasteiger charge is -2.31. The van der Waals surface area contributed by atoms with Crippen LogP contribution >= 0.6 is 0 Å². The van der Waals surface area contributed by atoms with Crippen molar-refractivity contribution in [2.24, 2.45) is 5.92 Å². The molecule has 1 heterocycles. The van der Waals surface area contributed by atoms with Crippen molar-refractivity contribution < 1.29 is 9.18 Å². The molecule has 0 radical (unpaired) electrons. The van der Waals surface area contributed by atoms with Crippen LogP contribution in [-0.4, -0.2) is 30.4 Å². The Kier molecular flexibility index (Phi) is 6.18. The maximum absolute atomic E-state index is 12.9. The molecule has 0 aliphatic carbocycles. The molecule has 1 amide bonds. The monoisotopic (exact) mass is 340 g/mol. The second kappa shape index (κ2) is 8.77. The Balaban J connectivity index is 1.36. The maximum Gasteiger partial charge on any atom is 0.225 e. The molecule has 25 heavy (non-hydrogen) atoms. The molecule has 132 valence electrons. The number of likely N-dealkylation sites (tertiary alicyclic amines) is 1. The first-order chi connectivity index (χ1) is 12.2. The Hall–Kier alpha value is -2.20. The highest BCUT2D eigenvalue weighted by atomic mass is 19.1. The first kappa shape index (κ1) is 17.6. The summed E-state index contributed by atoms with van der Waals surface area (Å²) in [4.78, 5) is 14.4. The Morgan fingerprint density at radius 3 is 2.40 bits per heavy atom. The fourth-order valence-corrected chi connectivity index (χ4v) is 3.38. The molecule has 1 N–H and O–H groups in total. The molecule has 1 saturated heterocycles. The fourth-order valence-electron chi connectivity index (χ4n) is 3.38. The summed E-state index contributed by atoms with van der Waals surface area (Å²) in [5.41, 5.74) is 2.06. The molecule has 1 fully saturated rings. The molecule has 1 aliphatic rings. The summed E-state index contributed by atoms with van der Waals surface area (Å²) in [5, 5.41) is 2.82. The van der Waals surface area contributed by atoms with Crippen molar-refractivity contribution in [1.29, 1.82) is 0 Å². The zero-order valence-electron chi connectivity index (χ0n) is 14.5. The van der Waals surface area contributed by atoms with Gasteiger partial charge in [-0.3, -0.25) is 4.79 Å². The lowest BCUT2D eigenvalue weighted by molar-refractivity contribution is -0.116. The van der Waals surface area contributed by atoms with Crippen LogP contribution in [0.1, 0.15) is 24.8 Å². The SMILES string of the molecule is O=C(CCN1CCC(Cc2ccccc2)CC1)Nc1ccc(F)cc1. The second-order valence-electron chi connectivity index (χ2n) is 6.78. The van der Waals surface area contributed by atoms with Crippen LogP contribution in [0.15, 0.2) is 54.6 Å². The number of benzene rings is 2. The van der Waals surface area contributed by atoms with Gasteiger partial charge >= 0.3 is 0 Å². The number of rotatable bonds is 6. The average molecular weight is 340 g/mol. The molecule has 0 atom stereocenters. The van der Waals surface area contributed by atoms with Crippen molar-refractivity contribution in [3.8, 4) is 0 Å². The predicted molar refractivity (Wildman–Crippen MR) is 99.0 cm³/mol. The Morgan fingerprint density at radius 1 is 1.04 bits per heavy atom. The van der Waals surface area contributed by atoms with Crippen molar-refractivity contribution in [3.63, 3.8) is 0 Å². The first-order valence-corrected chi connectivity index (χ1v) is 9.01. The van der Waals surface area contributed by atoms with Gasteiger partial charge in [-0.05, 0) is 68.1 Å². The maximum atomic E-state index is 12.9. The van der Waals surface area contributed by atoms with Gasteiger partial charge in [0.05, 0.1) is 0 Å². The molecule has 0 unspecified atom stereocenters. The van der Waals surface area contributed by atoms with Crippen molar-refractivity contribution in [2.45, 2.75) is 25.7 Å². The van der Waals surface area contributed by atoms with Gasteiger partial charge in [0.2, 0.25) is 5.91 Å². The van der Waals surface area contributed by atoms with Crippen molar-refractivity contribution >= 4 is 11.6 Å². The Labute approximate surface area is 148 Å². The van der Waals surface area contributed by atoms with Gasteiger partial charge in [0, 0.05) is 18.7 Å². The van der Waals surface area contributed by atoms with Crippen LogP contribution < -0.4 is 5.32 Å². The van der Waals surface area contributed by atoms with Crippen LogP contribution in [0.4, 0.5) is 10.1 Å². The number of anilines is 1. The van der Waals surface area contributed by atoms with E-state index >= 15 is 0 Å². The van der Waals surface area contributed by atoms with Gasteiger partial charge in [-0.15, -0.1) is 0 Å². The van der Waals surface area contributed by atoms with Gasteiger partial charge in [0.25, 0.3) is 0 Å². The van der Waals surface area contributed by atoms with E-state index in [4.69, 9.17) is 0 Å². The molecular formula is C21H25FN2O. The van der Waals surface area contributed by atoms with E-state index in [1.807, 2.05) is 0 Å². The summed E-state index contributed by atoms with van der Waals surface area (Å²) >= 11 is 0. The first-order valence-electron chi connectivity index (χ1n) is 9.01. The van der Waals surface area contributed by atoms with Crippen LogP contribution in [0, 0.1) is 11.7 Å². The van der Waals surface area contributed by atoms with E-state index < -0.39 is 0 Å². The summed E-state index contributed by atoms with van der Waals surface area (Å²) in [6, 6.07) is 16.5. The number of nitrogens with zero attached hydrogens (tertiary/aromatic N) is 1. The number of carbonyl (C=O) groups excluding carboxylic acids is 1. The van der Waals surface area contributed by atoms with E-state index in [1.54, 1.807) is 12.1 Å². The summed E-state index contributed by atoms with van der Waals surface area (Å²) in [6.45, 7) is 2.90. The van der Waals surface area contributed by atoms with E-state index in [1.165, 1.54) is 30.5 Å². The molecule has 2 aromatic carbocycles.